The number of phenols is 1. The quantitative estimate of drug-likeness (QED) is 0.682. The van der Waals surface area contributed by atoms with E-state index in [-0.39, 0.29) is 0 Å². The van der Waals surface area contributed by atoms with Crippen molar-refractivity contribution in [3.8, 4) is 5.75 Å². The Labute approximate surface area is 91.1 Å². The normalized spacial score (nSPS) is 37.7. The minimum atomic E-state index is 0.325. The molecule has 0 amide bonds. The molecule has 3 aliphatic rings. The molecule has 1 aromatic rings. The molecule has 1 N–H and O–H groups in total. The molecular weight excluding hydrogens is 184 g/mol. The number of benzene rings is 1. The van der Waals surface area contributed by atoms with Crippen molar-refractivity contribution in [1.82, 2.24) is 0 Å². The van der Waals surface area contributed by atoms with E-state index in [0.717, 1.165) is 0 Å². The van der Waals surface area contributed by atoms with E-state index in [1.165, 1.54) is 36.8 Å². The molecule has 0 saturated heterocycles. The Hall–Kier alpha value is -0.980. The number of fused-ring (bicyclic) bond motifs is 2. The molecule has 80 valence electrons. The van der Waals surface area contributed by atoms with Crippen molar-refractivity contribution in [2.75, 3.05) is 0 Å². The molecule has 1 fully saturated rings. The lowest BCUT2D eigenvalue weighted by molar-refractivity contribution is 0.187. The summed E-state index contributed by atoms with van der Waals surface area (Å²) in [5.74, 6) is 0.422. The number of phenolic OH excluding ortho intramolecular Hbond substituents is 1. The van der Waals surface area contributed by atoms with E-state index in [9.17, 15) is 5.11 Å². The highest BCUT2D eigenvalue weighted by molar-refractivity contribution is 5.48. The van der Waals surface area contributed by atoms with Crippen molar-refractivity contribution in [3.05, 3.63) is 29.3 Å². The molecule has 3 aliphatic carbocycles. The lowest BCUT2D eigenvalue weighted by atomic mass is 9.52. The molecule has 1 saturated carbocycles. The lowest BCUT2D eigenvalue weighted by Gasteiger charge is -2.52. The van der Waals surface area contributed by atoms with E-state index in [2.05, 4.69) is 19.9 Å². The highest BCUT2D eigenvalue weighted by atomic mass is 16.3. The van der Waals surface area contributed by atoms with Crippen LogP contribution in [0.4, 0.5) is 0 Å². The summed E-state index contributed by atoms with van der Waals surface area (Å²) >= 11 is 0. The van der Waals surface area contributed by atoms with E-state index >= 15 is 0 Å². The van der Waals surface area contributed by atoms with E-state index in [0.29, 0.717) is 16.6 Å². The fraction of sp³-hybridized carbons (Fsp3) is 0.571. The second kappa shape index (κ2) is 2.58. The van der Waals surface area contributed by atoms with Crippen molar-refractivity contribution in [2.24, 2.45) is 0 Å². The Morgan fingerprint density at radius 1 is 0.933 bits per heavy atom. The van der Waals surface area contributed by atoms with Gasteiger partial charge in [0.15, 0.2) is 0 Å². The Morgan fingerprint density at radius 3 is 2.07 bits per heavy atom. The van der Waals surface area contributed by atoms with E-state index in [1.54, 1.807) is 0 Å². The summed E-state index contributed by atoms with van der Waals surface area (Å²) in [6, 6.07) is 5.97. The molecule has 4 rings (SSSR count). The van der Waals surface area contributed by atoms with Crippen molar-refractivity contribution in [1.29, 1.82) is 0 Å². The molecule has 1 heteroatoms. The fourth-order valence-electron chi connectivity index (χ4n) is 3.45. The van der Waals surface area contributed by atoms with Gasteiger partial charge >= 0.3 is 0 Å². The van der Waals surface area contributed by atoms with Gasteiger partial charge in [0.2, 0.25) is 0 Å². The van der Waals surface area contributed by atoms with Crippen molar-refractivity contribution >= 4 is 0 Å². The van der Waals surface area contributed by atoms with Crippen LogP contribution >= 0.6 is 0 Å². The average molecular weight is 202 g/mol. The van der Waals surface area contributed by atoms with Gasteiger partial charge in [-0.1, -0.05) is 19.9 Å². The molecule has 0 spiro atoms. The van der Waals surface area contributed by atoms with Crippen LogP contribution in [0, 0.1) is 0 Å². The van der Waals surface area contributed by atoms with Gasteiger partial charge in [-0.05, 0) is 59.8 Å². The Kier molecular flexibility index (Phi) is 1.59. The standard InChI is InChI=1S/C14H18O/c1-13-5-7-14(2,8-6-13)12-9-10(15)3-4-11(12)13/h3-4,9,15H,5-8H2,1-2H3. The third-order valence-corrected chi connectivity index (χ3v) is 4.76. The smallest absolute Gasteiger partial charge is 0.115 e. The zero-order valence-corrected chi connectivity index (χ0v) is 9.51. The van der Waals surface area contributed by atoms with Crippen LogP contribution in [0.2, 0.25) is 0 Å². The third kappa shape index (κ3) is 1.09. The Morgan fingerprint density at radius 2 is 1.47 bits per heavy atom. The van der Waals surface area contributed by atoms with Gasteiger partial charge in [-0.3, -0.25) is 0 Å². The van der Waals surface area contributed by atoms with Gasteiger partial charge < -0.3 is 5.11 Å². The molecule has 0 atom stereocenters. The maximum absolute atomic E-state index is 9.61. The maximum Gasteiger partial charge on any atom is 0.115 e. The first-order chi connectivity index (χ1) is 7.04. The predicted molar refractivity (Wildman–Crippen MR) is 61.3 cm³/mol. The first kappa shape index (κ1) is 9.26. The summed E-state index contributed by atoms with van der Waals surface area (Å²) in [7, 11) is 0. The molecular formula is C14H18O. The number of hydrogen-bond acceptors (Lipinski definition) is 1. The van der Waals surface area contributed by atoms with E-state index < -0.39 is 0 Å². The molecule has 1 aromatic carbocycles. The van der Waals surface area contributed by atoms with Gasteiger partial charge in [-0.25, -0.2) is 0 Å². The number of hydrogen-bond donors (Lipinski definition) is 1. The summed E-state index contributed by atoms with van der Waals surface area (Å²) in [6.45, 7) is 4.73. The molecule has 0 aliphatic heterocycles. The molecule has 1 nitrogen and oxygen atoms in total. The summed E-state index contributed by atoms with van der Waals surface area (Å²) in [5, 5.41) is 9.61. The van der Waals surface area contributed by atoms with Crippen molar-refractivity contribution in [2.45, 2.75) is 50.4 Å². The summed E-state index contributed by atoms with van der Waals surface area (Å²) < 4.78 is 0. The zero-order valence-electron chi connectivity index (χ0n) is 9.51. The average Bonchev–Trinajstić information content (AvgIpc) is 2.21. The molecule has 0 unspecified atom stereocenters. The first-order valence-corrected chi connectivity index (χ1v) is 5.88. The minimum Gasteiger partial charge on any atom is -0.508 e. The SMILES string of the molecule is CC12CCC(C)(CC1)c1cc(O)ccc12. The van der Waals surface area contributed by atoms with Crippen LogP contribution in [0.3, 0.4) is 0 Å². The monoisotopic (exact) mass is 202 g/mol. The summed E-state index contributed by atoms with van der Waals surface area (Å²) in [5.41, 5.74) is 3.59. The number of aromatic hydroxyl groups is 1. The summed E-state index contributed by atoms with van der Waals surface area (Å²) in [4.78, 5) is 0. The largest absolute Gasteiger partial charge is 0.508 e. The highest BCUT2D eigenvalue weighted by Crippen LogP contribution is 2.56. The van der Waals surface area contributed by atoms with Crippen LogP contribution in [0.15, 0.2) is 18.2 Å². The summed E-state index contributed by atoms with van der Waals surface area (Å²) in [6.07, 6.45) is 5.17. The van der Waals surface area contributed by atoms with Crippen molar-refractivity contribution < 1.29 is 5.11 Å². The fourth-order valence-corrected chi connectivity index (χ4v) is 3.45. The topological polar surface area (TPSA) is 20.2 Å². The second-order valence-electron chi connectivity index (χ2n) is 5.85. The first-order valence-electron chi connectivity index (χ1n) is 5.88. The van der Waals surface area contributed by atoms with Crippen molar-refractivity contribution in [3.63, 3.8) is 0 Å². The van der Waals surface area contributed by atoms with E-state index in [1.807, 2.05) is 12.1 Å². The van der Waals surface area contributed by atoms with Gasteiger partial charge in [0, 0.05) is 0 Å². The number of rotatable bonds is 0. The minimum absolute atomic E-state index is 0.325. The van der Waals surface area contributed by atoms with Crippen LogP contribution in [-0.2, 0) is 10.8 Å². The van der Waals surface area contributed by atoms with Gasteiger partial charge in [0.1, 0.15) is 5.75 Å². The molecule has 2 bridgehead atoms. The van der Waals surface area contributed by atoms with Crippen LogP contribution in [0.25, 0.3) is 0 Å². The molecule has 15 heavy (non-hydrogen) atoms. The highest BCUT2D eigenvalue weighted by Gasteiger charge is 2.47. The predicted octanol–water partition coefficient (Wildman–Crippen LogP) is 3.50. The second-order valence-corrected chi connectivity index (χ2v) is 5.85. The molecule has 0 radical (unpaired) electrons. The molecule has 0 heterocycles. The van der Waals surface area contributed by atoms with Crippen LogP contribution < -0.4 is 0 Å². The van der Waals surface area contributed by atoms with Gasteiger partial charge in [-0.2, -0.15) is 0 Å². The molecule has 0 aromatic heterocycles. The lowest BCUT2D eigenvalue weighted by Crippen LogP contribution is -2.44. The van der Waals surface area contributed by atoms with Crippen LogP contribution in [0.5, 0.6) is 5.75 Å². The van der Waals surface area contributed by atoms with Gasteiger partial charge in [0.05, 0.1) is 0 Å². The third-order valence-electron chi connectivity index (χ3n) is 4.76. The zero-order chi connectivity index (χ0) is 10.7. The Balaban J connectivity index is 2.28. The van der Waals surface area contributed by atoms with Gasteiger partial charge in [-0.15, -0.1) is 0 Å². The maximum atomic E-state index is 9.61. The van der Waals surface area contributed by atoms with Gasteiger partial charge in [0.25, 0.3) is 0 Å². The Bertz CT molecular complexity index is 411. The van der Waals surface area contributed by atoms with Crippen LogP contribution in [-0.4, -0.2) is 5.11 Å². The van der Waals surface area contributed by atoms with E-state index in [4.69, 9.17) is 0 Å². The van der Waals surface area contributed by atoms with Crippen LogP contribution in [0.1, 0.15) is 50.7 Å².